The van der Waals surface area contributed by atoms with Gasteiger partial charge in [0.1, 0.15) is 0 Å². The molecular weight excluding hydrogens is 330 g/mol. The quantitative estimate of drug-likeness (QED) is 0.762. The Bertz CT molecular complexity index is 650. The number of nitrogens with one attached hydrogen (secondary N) is 1. The third-order valence-corrected chi connectivity index (χ3v) is 6.49. The van der Waals surface area contributed by atoms with E-state index in [4.69, 9.17) is 4.74 Å². The van der Waals surface area contributed by atoms with Crippen molar-refractivity contribution in [2.24, 2.45) is 17.8 Å². The molecule has 6 nitrogen and oxygen atoms in total. The standard InChI is InChI=1S/C20H29N3O3/c1-13-4-7-19(23-22-13)26-8-2-3-18(24)21-17-6-5-14-9-15-11-20(25,10-14)12-16(15)17/h4,7,14-17,25H,2-3,5-6,8-12H2,1H3,(H,21,24). The number of hydrogen-bond donors (Lipinski definition) is 2. The third-order valence-electron chi connectivity index (χ3n) is 6.49. The van der Waals surface area contributed by atoms with E-state index in [1.807, 2.05) is 13.0 Å². The molecule has 2 N–H and O–H groups in total. The lowest BCUT2D eigenvalue weighted by Crippen LogP contribution is -2.42. The van der Waals surface area contributed by atoms with Gasteiger partial charge in [0, 0.05) is 18.5 Å². The van der Waals surface area contributed by atoms with E-state index in [-0.39, 0.29) is 11.9 Å². The van der Waals surface area contributed by atoms with Crippen LogP contribution >= 0.6 is 0 Å². The maximum absolute atomic E-state index is 12.4. The van der Waals surface area contributed by atoms with Crippen molar-refractivity contribution in [2.45, 2.75) is 69.9 Å². The van der Waals surface area contributed by atoms with Crippen molar-refractivity contribution in [1.82, 2.24) is 15.5 Å². The molecule has 3 fully saturated rings. The first-order chi connectivity index (χ1) is 12.5. The Labute approximate surface area is 154 Å². The van der Waals surface area contributed by atoms with E-state index in [9.17, 15) is 9.90 Å². The summed E-state index contributed by atoms with van der Waals surface area (Å²) in [6, 6.07) is 3.89. The summed E-state index contributed by atoms with van der Waals surface area (Å²) in [7, 11) is 0. The van der Waals surface area contributed by atoms with Crippen LogP contribution < -0.4 is 10.1 Å². The Hall–Kier alpha value is -1.69. The lowest BCUT2D eigenvalue weighted by Gasteiger charge is -2.33. The Morgan fingerprint density at radius 2 is 2.19 bits per heavy atom. The predicted octanol–water partition coefficient (Wildman–Crippen LogP) is 2.39. The van der Waals surface area contributed by atoms with Gasteiger partial charge in [-0.1, -0.05) is 0 Å². The van der Waals surface area contributed by atoms with Gasteiger partial charge >= 0.3 is 0 Å². The first-order valence-electron chi connectivity index (χ1n) is 9.96. The number of aliphatic hydroxyl groups is 1. The molecule has 26 heavy (non-hydrogen) atoms. The van der Waals surface area contributed by atoms with Crippen molar-refractivity contribution in [3.05, 3.63) is 17.8 Å². The Morgan fingerprint density at radius 3 is 3.00 bits per heavy atom. The van der Waals surface area contributed by atoms with E-state index in [0.717, 1.165) is 37.8 Å². The number of carbonyl (C=O) groups is 1. The second-order valence-corrected chi connectivity index (χ2v) is 8.58. The van der Waals surface area contributed by atoms with Gasteiger partial charge in [0.15, 0.2) is 0 Å². The Balaban J connectivity index is 1.23. The molecule has 1 heterocycles. The largest absolute Gasteiger partial charge is 0.477 e. The van der Waals surface area contributed by atoms with Crippen molar-refractivity contribution in [1.29, 1.82) is 0 Å². The SMILES string of the molecule is Cc1ccc(OCCCC(=O)NC2CCC3CC4CC(O)(C3)CC42)nn1. The molecule has 0 radical (unpaired) electrons. The summed E-state index contributed by atoms with van der Waals surface area (Å²) < 4.78 is 5.54. The molecule has 5 unspecified atom stereocenters. The summed E-state index contributed by atoms with van der Waals surface area (Å²) in [6.07, 6.45) is 7.33. The van der Waals surface area contributed by atoms with Crippen LogP contribution in [0.3, 0.4) is 0 Å². The number of hydrogen-bond acceptors (Lipinski definition) is 5. The summed E-state index contributed by atoms with van der Waals surface area (Å²) in [5.74, 6) is 2.29. The van der Waals surface area contributed by atoms with E-state index in [1.165, 1.54) is 6.42 Å². The Kier molecular flexibility index (Phi) is 4.86. The number of fused-ring (bicyclic) bond motifs is 2. The fourth-order valence-corrected chi connectivity index (χ4v) is 5.45. The molecule has 1 amide bonds. The van der Waals surface area contributed by atoms with Gasteiger partial charge in [-0.05, 0) is 75.7 Å². The average molecular weight is 359 g/mol. The highest BCUT2D eigenvalue weighted by Crippen LogP contribution is 2.55. The van der Waals surface area contributed by atoms with Crippen molar-refractivity contribution in [3.8, 4) is 5.88 Å². The lowest BCUT2D eigenvalue weighted by atomic mass is 9.77. The molecule has 1 aromatic heterocycles. The van der Waals surface area contributed by atoms with Crippen molar-refractivity contribution >= 4 is 5.91 Å². The summed E-state index contributed by atoms with van der Waals surface area (Å²) >= 11 is 0. The van der Waals surface area contributed by atoms with Gasteiger partial charge in [-0.3, -0.25) is 4.79 Å². The highest BCUT2D eigenvalue weighted by Gasteiger charge is 2.53. The first-order valence-corrected chi connectivity index (χ1v) is 9.96. The van der Waals surface area contributed by atoms with Crippen LogP contribution in [0.5, 0.6) is 5.88 Å². The molecule has 142 valence electrons. The van der Waals surface area contributed by atoms with E-state index >= 15 is 0 Å². The van der Waals surface area contributed by atoms with Gasteiger partial charge in [0.25, 0.3) is 0 Å². The highest BCUT2D eigenvalue weighted by molar-refractivity contribution is 5.76. The number of carbonyl (C=O) groups excluding carboxylic acids is 1. The van der Waals surface area contributed by atoms with Crippen molar-refractivity contribution in [2.75, 3.05) is 6.61 Å². The van der Waals surface area contributed by atoms with Crippen LogP contribution in [0.25, 0.3) is 0 Å². The smallest absolute Gasteiger partial charge is 0.233 e. The zero-order valence-electron chi connectivity index (χ0n) is 15.5. The summed E-state index contributed by atoms with van der Waals surface area (Å²) in [5.41, 5.74) is 0.400. The molecule has 4 rings (SSSR count). The van der Waals surface area contributed by atoms with Crippen LogP contribution in [0.15, 0.2) is 12.1 Å². The molecule has 3 aliphatic rings. The maximum Gasteiger partial charge on any atom is 0.233 e. The number of amides is 1. The van der Waals surface area contributed by atoms with Crippen LogP contribution in [-0.2, 0) is 4.79 Å². The predicted molar refractivity (Wildman–Crippen MR) is 96.6 cm³/mol. The summed E-state index contributed by atoms with van der Waals surface area (Å²) in [4.78, 5) is 12.4. The van der Waals surface area contributed by atoms with Gasteiger partial charge in [0.05, 0.1) is 17.9 Å². The van der Waals surface area contributed by atoms with Gasteiger partial charge in [-0.25, -0.2) is 0 Å². The van der Waals surface area contributed by atoms with Gasteiger partial charge in [-0.15, -0.1) is 5.10 Å². The topological polar surface area (TPSA) is 84.3 Å². The monoisotopic (exact) mass is 359 g/mol. The lowest BCUT2D eigenvalue weighted by molar-refractivity contribution is -0.122. The number of aromatic nitrogens is 2. The van der Waals surface area contributed by atoms with Crippen LogP contribution in [0.2, 0.25) is 0 Å². The summed E-state index contributed by atoms with van der Waals surface area (Å²) in [6.45, 7) is 2.34. The molecule has 5 atom stereocenters. The normalized spacial score (nSPS) is 35.2. The van der Waals surface area contributed by atoms with Crippen LogP contribution in [0.1, 0.15) is 57.1 Å². The van der Waals surface area contributed by atoms with Crippen LogP contribution in [-0.4, -0.2) is 39.5 Å². The van der Waals surface area contributed by atoms with Crippen molar-refractivity contribution in [3.63, 3.8) is 0 Å². The molecule has 1 aromatic rings. The molecule has 0 aromatic carbocycles. The molecule has 3 aliphatic carbocycles. The number of rotatable bonds is 6. The third kappa shape index (κ3) is 3.85. The van der Waals surface area contributed by atoms with E-state index in [0.29, 0.717) is 43.1 Å². The van der Waals surface area contributed by atoms with Gasteiger partial charge < -0.3 is 15.2 Å². The zero-order chi connectivity index (χ0) is 18.1. The maximum atomic E-state index is 12.4. The number of aryl methyl sites for hydroxylation is 1. The van der Waals surface area contributed by atoms with Crippen LogP contribution in [0.4, 0.5) is 0 Å². The molecule has 3 bridgehead atoms. The number of ether oxygens (including phenoxy) is 1. The molecular formula is C20H29N3O3. The van der Waals surface area contributed by atoms with E-state index < -0.39 is 5.60 Å². The molecule has 3 saturated carbocycles. The average Bonchev–Trinajstić information content (AvgIpc) is 2.78. The van der Waals surface area contributed by atoms with Gasteiger partial charge in [-0.2, -0.15) is 5.10 Å². The van der Waals surface area contributed by atoms with Crippen LogP contribution in [0, 0.1) is 24.7 Å². The molecule has 6 heteroatoms. The van der Waals surface area contributed by atoms with E-state index in [2.05, 4.69) is 15.5 Å². The second-order valence-electron chi connectivity index (χ2n) is 8.58. The Morgan fingerprint density at radius 1 is 1.31 bits per heavy atom. The summed E-state index contributed by atoms with van der Waals surface area (Å²) in [5, 5.41) is 21.9. The van der Waals surface area contributed by atoms with Gasteiger partial charge in [0.2, 0.25) is 11.8 Å². The van der Waals surface area contributed by atoms with E-state index in [1.54, 1.807) is 6.07 Å². The highest BCUT2D eigenvalue weighted by atomic mass is 16.5. The molecule has 0 saturated heterocycles. The number of nitrogens with zero attached hydrogens (tertiary/aromatic N) is 2. The first kappa shape index (κ1) is 17.7. The minimum Gasteiger partial charge on any atom is -0.477 e. The molecule has 0 aliphatic heterocycles. The minimum atomic E-state index is -0.454. The fourth-order valence-electron chi connectivity index (χ4n) is 5.45. The molecule has 0 spiro atoms. The second kappa shape index (κ2) is 7.14. The van der Waals surface area contributed by atoms with Crippen molar-refractivity contribution < 1.29 is 14.6 Å². The zero-order valence-corrected chi connectivity index (χ0v) is 15.5. The fraction of sp³-hybridized carbons (Fsp3) is 0.750. The minimum absolute atomic E-state index is 0.0989.